The van der Waals surface area contributed by atoms with E-state index in [1.165, 1.54) is 5.56 Å². The maximum absolute atomic E-state index is 12.9. The Hall–Kier alpha value is -3.41. The molecule has 0 fully saturated rings. The van der Waals surface area contributed by atoms with Gasteiger partial charge in [-0.15, -0.1) is 0 Å². The van der Waals surface area contributed by atoms with E-state index < -0.39 is 5.97 Å². The smallest absolute Gasteiger partial charge is 0.335 e. The van der Waals surface area contributed by atoms with Crippen LogP contribution in [0.2, 0.25) is 0 Å². The van der Waals surface area contributed by atoms with Gasteiger partial charge in [0, 0.05) is 25.9 Å². The second-order valence-electron chi connectivity index (χ2n) is 7.81. The van der Waals surface area contributed by atoms with Gasteiger partial charge < -0.3 is 10.4 Å². The molecule has 0 radical (unpaired) electrons. The third-order valence-corrected chi connectivity index (χ3v) is 5.86. The molecule has 0 bridgehead atoms. The van der Waals surface area contributed by atoms with Crippen molar-refractivity contribution < 1.29 is 14.7 Å². The number of carbonyl (C=O) groups excluding carboxylic acids is 1. The molecule has 1 aromatic heterocycles. The Bertz CT molecular complexity index is 1070. The van der Waals surface area contributed by atoms with Crippen LogP contribution in [0.25, 0.3) is 0 Å². The van der Waals surface area contributed by atoms with Crippen LogP contribution in [0.4, 0.5) is 0 Å². The number of aryl methyl sites for hydroxylation is 2. The molecule has 2 N–H and O–H groups in total. The Morgan fingerprint density at radius 2 is 2.00 bits per heavy atom. The number of rotatable bonds is 6. The zero-order valence-electron chi connectivity index (χ0n) is 17.0. The first-order valence-corrected chi connectivity index (χ1v) is 10.2. The molecule has 0 saturated carbocycles. The van der Waals surface area contributed by atoms with E-state index in [2.05, 4.69) is 10.4 Å². The van der Waals surface area contributed by atoms with Crippen LogP contribution in [0.15, 0.2) is 54.7 Å². The fourth-order valence-corrected chi connectivity index (χ4v) is 4.20. The molecular formula is C24H25N3O3. The average Bonchev–Trinajstić information content (AvgIpc) is 3.12. The number of benzene rings is 2. The zero-order valence-corrected chi connectivity index (χ0v) is 17.0. The molecule has 1 aliphatic rings. The van der Waals surface area contributed by atoms with E-state index in [0.717, 1.165) is 36.1 Å². The predicted molar refractivity (Wildman–Crippen MR) is 114 cm³/mol. The minimum Gasteiger partial charge on any atom is -0.478 e. The minimum atomic E-state index is -0.924. The first-order chi connectivity index (χ1) is 14.5. The molecule has 1 atom stereocenters. The van der Waals surface area contributed by atoms with Crippen LogP contribution < -0.4 is 5.32 Å². The molecule has 30 heavy (non-hydrogen) atoms. The van der Waals surface area contributed by atoms with Crippen molar-refractivity contribution in [1.82, 2.24) is 15.1 Å². The molecule has 6 nitrogen and oxygen atoms in total. The molecule has 0 aliphatic heterocycles. The Balaban J connectivity index is 1.49. The predicted octanol–water partition coefficient (Wildman–Crippen LogP) is 3.56. The summed E-state index contributed by atoms with van der Waals surface area (Å²) in [5, 5.41) is 16.7. The summed E-state index contributed by atoms with van der Waals surface area (Å²) < 4.78 is 1.75. The molecule has 2 aromatic carbocycles. The van der Waals surface area contributed by atoms with Crippen LogP contribution in [0.1, 0.15) is 61.9 Å². The first kappa shape index (κ1) is 19.9. The first-order valence-electron chi connectivity index (χ1n) is 10.2. The van der Waals surface area contributed by atoms with E-state index in [-0.39, 0.29) is 11.8 Å². The van der Waals surface area contributed by atoms with E-state index >= 15 is 0 Å². The summed E-state index contributed by atoms with van der Waals surface area (Å²) in [4.78, 5) is 24.3. The van der Waals surface area contributed by atoms with Crippen LogP contribution in [-0.4, -0.2) is 33.3 Å². The van der Waals surface area contributed by atoms with Crippen LogP contribution in [0, 0.1) is 0 Å². The molecule has 1 aliphatic carbocycles. The molecule has 1 heterocycles. The van der Waals surface area contributed by atoms with Gasteiger partial charge in [0.25, 0.3) is 5.91 Å². The van der Waals surface area contributed by atoms with Gasteiger partial charge in [-0.2, -0.15) is 5.10 Å². The summed E-state index contributed by atoms with van der Waals surface area (Å²) in [5.41, 5.74) is 5.09. The van der Waals surface area contributed by atoms with Gasteiger partial charge >= 0.3 is 5.97 Å². The molecule has 1 amide bonds. The third-order valence-electron chi connectivity index (χ3n) is 5.86. The minimum absolute atomic E-state index is 0.117. The molecule has 0 saturated heterocycles. The maximum Gasteiger partial charge on any atom is 0.335 e. The highest BCUT2D eigenvalue weighted by Gasteiger charge is 2.23. The average molecular weight is 403 g/mol. The van der Waals surface area contributed by atoms with Crippen LogP contribution in [-0.2, 0) is 19.9 Å². The highest BCUT2D eigenvalue weighted by atomic mass is 16.4. The summed E-state index contributed by atoms with van der Waals surface area (Å²) in [7, 11) is 1.85. The van der Waals surface area contributed by atoms with Crippen LogP contribution in [0.3, 0.4) is 0 Å². The van der Waals surface area contributed by atoms with Crippen LogP contribution >= 0.6 is 0 Å². The summed E-state index contributed by atoms with van der Waals surface area (Å²) >= 11 is 0. The monoisotopic (exact) mass is 403 g/mol. The standard InChI is InChI=1S/C24H25N3O3/c1-27-22(12-16-6-3-2-4-7-16)21(15-26-27)23(28)25-14-19-9-5-8-17-10-11-18(24(29)30)13-20(17)19/h2-4,6-7,10-11,13,15,19H,5,8-9,12,14H2,1H3,(H,25,28)(H,29,30). The number of aromatic carboxylic acids is 1. The summed E-state index contributed by atoms with van der Waals surface area (Å²) in [6.45, 7) is 0.481. The van der Waals surface area contributed by atoms with Gasteiger partial charge in [-0.25, -0.2) is 4.79 Å². The number of hydrogen-bond acceptors (Lipinski definition) is 3. The Morgan fingerprint density at radius 3 is 2.77 bits per heavy atom. The van der Waals surface area contributed by atoms with E-state index in [9.17, 15) is 14.7 Å². The SMILES string of the molecule is Cn1ncc(C(=O)NCC2CCCc3ccc(C(=O)O)cc32)c1Cc1ccccc1. The fraction of sp³-hybridized carbons (Fsp3) is 0.292. The molecule has 6 heteroatoms. The fourth-order valence-electron chi connectivity index (χ4n) is 4.20. The largest absolute Gasteiger partial charge is 0.478 e. The quantitative estimate of drug-likeness (QED) is 0.659. The van der Waals surface area contributed by atoms with Crippen molar-refractivity contribution >= 4 is 11.9 Å². The highest BCUT2D eigenvalue weighted by Crippen LogP contribution is 2.32. The maximum atomic E-state index is 12.9. The van der Waals surface area contributed by atoms with E-state index in [4.69, 9.17) is 0 Å². The molecule has 0 spiro atoms. The number of hydrogen-bond donors (Lipinski definition) is 2. The summed E-state index contributed by atoms with van der Waals surface area (Å²) in [5.74, 6) is -0.950. The van der Waals surface area contributed by atoms with Gasteiger partial charge in [-0.1, -0.05) is 36.4 Å². The number of fused-ring (bicyclic) bond motifs is 1. The van der Waals surface area contributed by atoms with Crippen molar-refractivity contribution in [3.63, 3.8) is 0 Å². The molecule has 3 aromatic rings. The normalized spacial score (nSPS) is 15.4. The Morgan fingerprint density at radius 1 is 1.20 bits per heavy atom. The van der Waals surface area contributed by atoms with E-state index in [1.54, 1.807) is 23.0 Å². The lowest BCUT2D eigenvalue weighted by atomic mass is 9.82. The van der Waals surface area contributed by atoms with Gasteiger partial charge in [0.05, 0.1) is 23.0 Å². The number of carbonyl (C=O) groups is 2. The van der Waals surface area contributed by atoms with Gasteiger partial charge in [-0.3, -0.25) is 9.48 Å². The lowest BCUT2D eigenvalue weighted by Gasteiger charge is -2.26. The molecule has 154 valence electrons. The highest BCUT2D eigenvalue weighted by molar-refractivity contribution is 5.95. The van der Waals surface area contributed by atoms with Crippen molar-refractivity contribution in [2.45, 2.75) is 31.6 Å². The van der Waals surface area contributed by atoms with Gasteiger partial charge in [0.2, 0.25) is 0 Å². The van der Waals surface area contributed by atoms with E-state index in [0.29, 0.717) is 24.1 Å². The van der Waals surface area contributed by atoms with Crippen molar-refractivity contribution in [2.75, 3.05) is 6.54 Å². The summed E-state index contributed by atoms with van der Waals surface area (Å²) in [6, 6.07) is 15.3. The number of nitrogens with one attached hydrogen (secondary N) is 1. The van der Waals surface area contributed by atoms with Gasteiger partial charge in [0.1, 0.15) is 0 Å². The third kappa shape index (κ3) is 4.13. The number of amides is 1. The van der Waals surface area contributed by atoms with Crippen molar-refractivity contribution in [3.05, 3.63) is 88.2 Å². The van der Waals surface area contributed by atoms with Crippen molar-refractivity contribution in [2.24, 2.45) is 7.05 Å². The zero-order chi connectivity index (χ0) is 21.1. The van der Waals surface area contributed by atoms with Crippen LogP contribution in [0.5, 0.6) is 0 Å². The topological polar surface area (TPSA) is 84.2 Å². The molecule has 1 unspecified atom stereocenters. The summed E-state index contributed by atoms with van der Waals surface area (Å²) in [6.07, 6.45) is 5.16. The second-order valence-corrected chi connectivity index (χ2v) is 7.81. The van der Waals surface area contributed by atoms with E-state index in [1.807, 2.05) is 43.4 Å². The van der Waals surface area contributed by atoms with Gasteiger partial charge in [0.15, 0.2) is 0 Å². The number of nitrogens with zero attached hydrogens (tertiary/aromatic N) is 2. The number of carboxylic acid groups (broad SMARTS) is 1. The lowest BCUT2D eigenvalue weighted by Crippen LogP contribution is -2.30. The molecule has 4 rings (SSSR count). The van der Waals surface area contributed by atoms with Crippen molar-refractivity contribution in [1.29, 1.82) is 0 Å². The Kier molecular flexibility index (Phi) is 5.65. The molecular weight excluding hydrogens is 378 g/mol. The number of carboxylic acids is 1. The van der Waals surface area contributed by atoms with Gasteiger partial charge in [-0.05, 0) is 48.1 Å². The lowest BCUT2D eigenvalue weighted by molar-refractivity contribution is 0.0696. The number of aromatic nitrogens is 2. The second kappa shape index (κ2) is 8.53. The van der Waals surface area contributed by atoms with Crippen molar-refractivity contribution in [3.8, 4) is 0 Å². The Labute approximate surface area is 175 Å².